The van der Waals surface area contributed by atoms with E-state index in [0.717, 1.165) is 16.0 Å². The van der Waals surface area contributed by atoms with E-state index in [1.807, 2.05) is 6.92 Å². The number of furan rings is 1. The third-order valence-electron chi connectivity index (χ3n) is 2.21. The maximum absolute atomic E-state index is 11.5. The van der Waals surface area contributed by atoms with Crippen LogP contribution in [0.15, 0.2) is 20.9 Å². The number of rotatable bonds is 7. The molecule has 0 aliphatic heterocycles. The Kier molecular flexibility index (Phi) is 5.42. The lowest BCUT2D eigenvalue weighted by atomic mass is 10.4. The molecule has 1 N–H and O–H groups in total. The Labute approximate surface area is 124 Å². The summed E-state index contributed by atoms with van der Waals surface area (Å²) in [6.45, 7) is 4.92. The lowest BCUT2D eigenvalue weighted by Gasteiger charge is -1.97. The summed E-state index contributed by atoms with van der Waals surface area (Å²) in [6.07, 6.45) is 0. The van der Waals surface area contributed by atoms with E-state index in [1.54, 1.807) is 19.1 Å². The van der Waals surface area contributed by atoms with Gasteiger partial charge in [0.2, 0.25) is 10.9 Å². The van der Waals surface area contributed by atoms with E-state index in [-0.39, 0.29) is 5.76 Å². The van der Waals surface area contributed by atoms with E-state index < -0.39 is 5.97 Å². The van der Waals surface area contributed by atoms with Crippen LogP contribution in [0.5, 0.6) is 0 Å². The van der Waals surface area contributed by atoms with Gasteiger partial charge in [0.1, 0.15) is 5.76 Å². The molecule has 2 aromatic rings. The highest BCUT2D eigenvalue weighted by molar-refractivity contribution is 8.00. The van der Waals surface area contributed by atoms with Gasteiger partial charge in [-0.15, -0.1) is 10.2 Å². The van der Waals surface area contributed by atoms with Crippen LogP contribution in [-0.4, -0.2) is 29.3 Å². The molecule has 108 valence electrons. The van der Waals surface area contributed by atoms with Gasteiger partial charge in [0.25, 0.3) is 0 Å². The van der Waals surface area contributed by atoms with Crippen molar-refractivity contribution in [2.75, 3.05) is 18.5 Å². The van der Waals surface area contributed by atoms with Crippen molar-refractivity contribution in [3.8, 4) is 0 Å². The van der Waals surface area contributed by atoms with Crippen molar-refractivity contribution in [3.05, 3.63) is 23.7 Å². The zero-order chi connectivity index (χ0) is 14.4. The van der Waals surface area contributed by atoms with Crippen LogP contribution in [0.4, 0.5) is 5.13 Å². The van der Waals surface area contributed by atoms with Crippen LogP contribution in [0.25, 0.3) is 0 Å². The first kappa shape index (κ1) is 14.9. The summed E-state index contributed by atoms with van der Waals surface area (Å²) in [5, 5.41) is 12.0. The fourth-order valence-electron chi connectivity index (χ4n) is 1.39. The van der Waals surface area contributed by atoms with Crippen molar-refractivity contribution in [2.24, 2.45) is 0 Å². The molecule has 0 unspecified atom stereocenters. The van der Waals surface area contributed by atoms with Crippen molar-refractivity contribution >= 4 is 34.2 Å². The van der Waals surface area contributed by atoms with Gasteiger partial charge in [-0.1, -0.05) is 23.1 Å². The molecule has 0 aliphatic carbocycles. The average molecular weight is 313 g/mol. The summed E-state index contributed by atoms with van der Waals surface area (Å²) in [5.74, 6) is 1.10. The second-order valence-electron chi connectivity index (χ2n) is 3.68. The fraction of sp³-hybridized carbons (Fsp3) is 0.417. The molecule has 2 aromatic heterocycles. The molecule has 0 fully saturated rings. The highest BCUT2D eigenvalue weighted by atomic mass is 32.2. The van der Waals surface area contributed by atoms with Crippen LogP contribution >= 0.6 is 23.1 Å². The van der Waals surface area contributed by atoms with Crippen molar-refractivity contribution < 1.29 is 13.9 Å². The summed E-state index contributed by atoms with van der Waals surface area (Å²) in [4.78, 5) is 11.5. The molecule has 0 saturated carbocycles. The number of nitrogens with one attached hydrogen (secondary N) is 1. The topological polar surface area (TPSA) is 77.2 Å². The van der Waals surface area contributed by atoms with Gasteiger partial charge in [0.15, 0.2) is 4.34 Å². The first-order chi connectivity index (χ1) is 9.72. The van der Waals surface area contributed by atoms with Crippen molar-refractivity contribution in [1.29, 1.82) is 0 Å². The summed E-state index contributed by atoms with van der Waals surface area (Å²) >= 11 is 3.01. The minimum absolute atomic E-state index is 0.230. The Hall–Kier alpha value is -1.54. The Morgan fingerprint density at radius 2 is 2.30 bits per heavy atom. The molecule has 0 radical (unpaired) electrons. The number of hydrogen-bond donors (Lipinski definition) is 1. The van der Waals surface area contributed by atoms with Gasteiger partial charge in [-0.2, -0.15) is 0 Å². The maximum Gasteiger partial charge on any atom is 0.374 e. The van der Waals surface area contributed by atoms with Crippen LogP contribution in [0, 0.1) is 0 Å². The maximum atomic E-state index is 11.5. The van der Waals surface area contributed by atoms with Crippen LogP contribution in [0.2, 0.25) is 0 Å². The van der Waals surface area contributed by atoms with Gasteiger partial charge >= 0.3 is 5.97 Å². The van der Waals surface area contributed by atoms with E-state index in [1.165, 1.54) is 23.1 Å². The number of aromatic nitrogens is 2. The molecule has 0 aromatic carbocycles. The second-order valence-corrected chi connectivity index (χ2v) is 5.88. The van der Waals surface area contributed by atoms with E-state index in [0.29, 0.717) is 18.1 Å². The van der Waals surface area contributed by atoms with Gasteiger partial charge in [0.05, 0.1) is 12.4 Å². The summed E-state index contributed by atoms with van der Waals surface area (Å²) < 4.78 is 11.1. The van der Waals surface area contributed by atoms with Crippen LogP contribution < -0.4 is 5.32 Å². The number of thioether (sulfide) groups is 1. The van der Waals surface area contributed by atoms with E-state index in [4.69, 9.17) is 9.15 Å². The molecule has 8 heteroatoms. The third-order valence-corrected chi connectivity index (χ3v) is 4.25. The highest BCUT2D eigenvalue weighted by Gasteiger charge is 2.12. The van der Waals surface area contributed by atoms with Crippen molar-refractivity contribution in [1.82, 2.24) is 10.2 Å². The predicted molar refractivity (Wildman–Crippen MR) is 78.3 cm³/mol. The molecule has 20 heavy (non-hydrogen) atoms. The molecular formula is C12H15N3O3S2. The molecule has 0 aliphatic rings. The Balaban J connectivity index is 1.88. The number of ether oxygens (including phenoxy) is 1. The Morgan fingerprint density at radius 3 is 3.05 bits per heavy atom. The third kappa shape index (κ3) is 3.97. The SMILES string of the molecule is CCNc1nnc(SCc2ccc(C(=O)OCC)o2)s1. The summed E-state index contributed by atoms with van der Waals surface area (Å²) in [6, 6.07) is 3.39. The molecule has 2 heterocycles. The van der Waals surface area contributed by atoms with Crippen molar-refractivity contribution in [2.45, 2.75) is 23.9 Å². The van der Waals surface area contributed by atoms with E-state index >= 15 is 0 Å². The molecule has 0 saturated heterocycles. The van der Waals surface area contributed by atoms with Crippen LogP contribution in [-0.2, 0) is 10.5 Å². The quantitative estimate of drug-likeness (QED) is 0.622. The van der Waals surface area contributed by atoms with Gasteiger partial charge in [-0.25, -0.2) is 4.79 Å². The Bertz CT molecular complexity index is 568. The van der Waals surface area contributed by atoms with Crippen molar-refractivity contribution in [3.63, 3.8) is 0 Å². The predicted octanol–water partition coefficient (Wildman–Crippen LogP) is 3.03. The van der Waals surface area contributed by atoms with Gasteiger partial charge in [-0.3, -0.25) is 0 Å². The largest absolute Gasteiger partial charge is 0.460 e. The first-order valence-corrected chi connectivity index (χ1v) is 7.99. The molecule has 0 amide bonds. The standard InChI is InChI=1S/C12H15N3O3S2/c1-3-13-11-14-15-12(20-11)19-7-8-5-6-9(18-8)10(16)17-4-2/h5-6H,3-4,7H2,1-2H3,(H,13,14). The minimum Gasteiger partial charge on any atom is -0.460 e. The zero-order valence-corrected chi connectivity index (χ0v) is 12.8. The molecular weight excluding hydrogens is 298 g/mol. The van der Waals surface area contributed by atoms with E-state index in [2.05, 4.69) is 15.5 Å². The zero-order valence-electron chi connectivity index (χ0n) is 11.2. The van der Waals surface area contributed by atoms with Gasteiger partial charge < -0.3 is 14.5 Å². The summed E-state index contributed by atoms with van der Waals surface area (Å²) in [5.41, 5.74) is 0. The number of nitrogens with zero attached hydrogens (tertiary/aromatic N) is 2. The Morgan fingerprint density at radius 1 is 1.45 bits per heavy atom. The lowest BCUT2D eigenvalue weighted by Crippen LogP contribution is -2.02. The number of carbonyl (C=O) groups is 1. The number of carbonyl (C=O) groups excluding carboxylic acids is 1. The average Bonchev–Trinajstić information content (AvgIpc) is 3.06. The first-order valence-electron chi connectivity index (χ1n) is 6.19. The molecule has 6 nitrogen and oxygen atoms in total. The number of anilines is 1. The van der Waals surface area contributed by atoms with Crippen LogP contribution in [0.1, 0.15) is 30.2 Å². The number of esters is 1. The minimum atomic E-state index is -0.436. The van der Waals surface area contributed by atoms with Gasteiger partial charge in [0, 0.05) is 6.54 Å². The highest BCUT2D eigenvalue weighted by Crippen LogP contribution is 2.28. The second kappa shape index (κ2) is 7.30. The molecule has 0 atom stereocenters. The monoisotopic (exact) mass is 313 g/mol. The lowest BCUT2D eigenvalue weighted by molar-refractivity contribution is 0.0488. The number of hydrogen-bond acceptors (Lipinski definition) is 8. The van der Waals surface area contributed by atoms with E-state index in [9.17, 15) is 4.79 Å². The molecule has 0 bridgehead atoms. The normalized spacial score (nSPS) is 10.5. The molecule has 2 rings (SSSR count). The summed E-state index contributed by atoms with van der Waals surface area (Å²) in [7, 11) is 0. The fourth-order valence-corrected chi connectivity index (χ4v) is 3.10. The smallest absolute Gasteiger partial charge is 0.374 e. The van der Waals surface area contributed by atoms with Gasteiger partial charge in [-0.05, 0) is 26.0 Å². The van der Waals surface area contributed by atoms with Crippen LogP contribution in [0.3, 0.4) is 0 Å². The molecule has 0 spiro atoms.